The first-order chi connectivity index (χ1) is 7.06. The van der Waals surface area contributed by atoms with Crippen LogP contribution in [0.5, 0.6) is 5.75 Å². The van der Waals surface area contributed by atoms with Crippen LogP contribution in [0.2, 0.25) is 10.0 Å². The zero-order valence-electron chi connectivity index (χ0n) is 8.01. The van der Waals surface area contributed by atoms with Crippen LogP contribution >= 0.6 is 23.2 Å². The van der Waals surface area contributed by atoms with E-state index >= 15 is 0 Å². The highest BCUT2D eigenvalue weighted by molar-refractivity contribution is 6.42. The van der Waals surface area contributed by atoms with Crippen LogP contribution in [0.25, 0.3) is 0 Å². The summed E-state index contributed by atoms with van der Waals surface area (Å²) in [6, 6.07) is 3.20. The Morgan fingerprint density at radius 3 is 2.80 bits per heavy atom. The van der Waals surface area contributed by atoms with Gasteiger partial charge in [0.1, 0.15) is 11.9 Å². The van der Waals surface area contributed by atoms with Crippen LogP contribution in [-0.4, -0.2) is 12.0 Å². The molecule has 0 spiro atoms. The van der Waals surface area contributed by atoms with Crippen molar-refractivity contribution in [2.24, 2.45) is 0 Å². The Bertz CT molecular complexity index is 420. The predicted octanol–water partition coefficient (Wildman–Crippen LogP) is 3.10. The van der Waals surface area contributed by atoms with Crippen molar-refractivity contribution in [2.45, 2.75) is 19.4 Å². The fourth-order valence-electron chi connectivity index (χ4n) is 1.44. The quantitative estimate of drug-likeness (QED) is 0.763. The van der Waals surface area contributed by atoms with Crippen LogP contribution in [0, 0.1) is 0 Å². The molecule has 1 N–H and O–H groups in total. The van der Waals surface area contributed by atoms with E-state index in [1.54, 1.807) is 12.1 Å². The third-order valence-electron chi connectivity index (χ3n) is 2.10. The third-order valence-corrected chi connectivity index (χ3v) is 2.82. The molecule has 1 atom stereocenters. The Morgan fingerprint density at radius 1 is 1.40 bits per heavy atom. The highest BCUT2D eigenvalue weighted by Gasteiger charge is 2.20. The molecule has 80 valence electrons. The van der Waals surface area contributed by atoms with Gasteiger partial charge in [0.15, 0.2) is 0 Å². The maximum absolute atomic E-state index is 11.4. The highest BCUT2D eigenvalue weighted by Crippen LogP contribution is 2.36. The van der Waals surface area contributed by atoms with Crippen LogP contribution in [0.3, 0.4) is 0 Å². The summed E-state index contributed by atoms with van der Waals surface area (Å²) in [6.07, 6.45) is 0.160. The van der Waals surface area contributed by atoms with Crippen LogP contribution in [0.15, 0.2) is 12.1 Å². The molecule has 5 heteroatoms. The van der Waals surface area contributed by atoms with Crippen LogP contribution in [0.4, 0.5) is 5.69 Å². The van der Waals surface area contributed by atoms with Gasteiger partial charge in [0.25, 0.3) is 0 Å². The lowest BCUT2D eigenvalue weighted by molar-refractivity contribution is -0.117. The molecular weight excluding hydrogens is 237 g/mol. The Labute approximate surface area is 97.3 Å². The van der Waals surface area contributed by atoms with E-state index in [-0.39, 0.29) is 12.0 Å². The topological polar surface area (TPSA) is 38.3 Å². The normalized spacial score (nSPS) is 19.9. The fourth-order valence-corrected chi connectivity index (χ4v) is 1.76. The van der Waals surface area contributed by atoms with E-state index in [0.717, 1.165) is 0 Å². The fraction of sp³-hybridized carbons (Fsp3) is 0.300. The molecule has 15 heavy (non-hydrogen) atoms. The van der Waals surface area contributed by atoms with Gasteiger partial charge in [0.05, 0.1) is 22.2 Å². The number of halogens is 2. The molecule has 2 rings (SSSR count). The van der Waals surface area contributed by atoms with Crippen molar-refractivity contribution in [3.63, 3.8) is 0 Å². The summed E-state index contributed by atoms with van der Waals surface area (Å²) < 4.78 is 5.54. The van der Waals surface area contributed by atoms with Gasteiger partial charge in [-0.15, -0.1) is 0 Å². The summed E-state index contributed by atoms with van der Waals surface area (Å²) in [6.45, 7) is 1.83. The largest absolute Gasteiger partial charge is 0.488 e. The maximum atomic E-state index is 11.4. The Morgan fingerprint density at radius 2 is 2.07 bits per heavy atom. The average molecular weight is 246 g/mol. The Kier molecular flexibility index (Phi) is 2.76. The number of benzene rings is 1. The smallest absolute Gasteiger partial charge is 0.228 e. The molecule has 0 aliphatic carbocycles. The number of fused-ring (bicyclic) bond motifs is 1. The number of ether oxygens (including phenoxy) is 1. The number of anilines is 1. The van der Waals surface area contributed by atoms with Gasteiger partial charge < -0.3 is 10.1 Å². The zero-order valence-corrected chi connectivity index (χ0v) is 9.52. The van der Waals surface area contributed by atoms with Gasteiger partial charge in [-0.1, -0.05) is 23.2 Å². The molecule has 1 aromatic carbocycles. The molecule has 0 radical (unpaired) electrons. The summed E-state index contributed by atoms with van der Waals surface area (Å²) in [5.41, 5.74) is 0.568. The van der Waals surface area contributed by atoms with E-state index in [0.29, 0.717) is 27.9 Å². The predicted molar refractivity (Wildman–Crippen MR) is 59.8 cm³/mol. The number of rotatable bonds is 0. The van der Waals surface area contributed by atoms with Gasteiger partial charge in [-0.2, -0.15) is 0 Å². The van der Waals surface area contributed by atoms with Gasteiger partial charge >= 0.3 is 0 Å². The zero-order chi connectivity index (χ0) is 11.0. The minimum atomic E-state index is -0.163. The van der Waals surface area contributed by atoms with E-state index in [4.69, 9.17) is 27.9 Å². The van der Waals surface area contributed by atoms with Crippen molar-refractivity contribution in [1.29, 1.82) is 0 Å². The second-order valence-corrected chi connectivity index (χ2v) is 4.26. The minimum Gasteiger partial charge on any atom is -0.488 e. The lowest BCUT2D eigenvalue weighted by Crippen LogP contribution is -2.17. The van der Waals surface area contributed by atoms with E-state index in [2.05, 4.69) is 5.32 Å². The van der Waals surface area contributed by atoms with Gasteiger partial charge in [0.2, 0.25) is 5.91 Å². The van der Waals surface area contributed by atoms with Crippen molar-refractivity contribution >= 4 is 34.8 Å². The lowest BCUT2D eigenvalue weighted by atomic mass is 10.3. The van der Waals surface area contributed by atoms with Crippen LogP contribution < -0.4 is 10.1 Å². The van der Waals surface area contributed by atoms with Crippen molar-refractivity contribution in [3.05, 3.63) is 22.2 Å². The lowest BCUT2D eigenvalue weighted by Gasteiger charge is -2.11. The number of nitrogens with one attached hydrogen (secondary N) is 1. The molecule has 1 aliphatic rings. The van der Waals surface area contributed by atoms with E-state index < -0.39 is 0 Å². The van der Waals surface area contributed by atoms with Gasteiger partial charge in [-0.05, 0) is 13.0 Å². The van der Waals surface area contributed by atoms with Crippen LogP contribution in [-0.2, 0) is 4.79 Å². The SMILES string of the molecule is CC1CC(=O)Nc2cc(Cl)c(Cl)cc2O1. The van der Waals surface area contributed by atoms with Gasteiger partial charge in [-0.25, -0.2) is 0 Å². The molecule has 0 fully saturated rings. The summed E-state index contributed by atoms with van der Waals surface area (Å²) in [7, 11) is 0. The number of hydrogen-bond acceptors (Lipinski definition) is 2. The number of carbonyl (C=O) groups is 1. The first-order valence-corrected chi connectivity index (χ1v) is 5.27. The standard InChI is InChI=1S/C10H9Cl2NO2/c1-5-2-10(14)13-8-3-6(11)7(12)4-9(8)15-5/h3-5H,2H2,1H3,(H,13,14). The molecule has 0 saturated carbocycles. The van der Waals surface area contributed by atoms with E-state index in [1.165, 1.54) is 0 Å². The minimum absolute atomic E-state index is 0.0837. The van der Waals surface area contributed by atoms with Crippen molar-refractivity contribution in [3.8, 4) is 5.75 Å². The first kappa shape index (κ1) is 10.6. The van der Waals surface area contributed by atoms with Crippen molar-refractivity contribution in [1.82, 2.24) is 0 Å². The molecular formula is C10H9Cl2NO2. The summed E-state index contributed by atoms with van der Waals surface area (Å²) in [5.74, 6) is 0.474. The monoisotopic (exact) mass is 245 g/mol. The molecule has 1 amide bonds. The third kappa shape index (κ3) is 2.19. The molecule has 0 aromatic heterocycles. The Balaban J connectivity index is 2.46. The van der Waals surface area contributed by atoms with Crippen molar-refractivity contribution < 1.29 is 9.53 Å². The van der Waals surface area contributed by atoms with Crippen molar-refractivity contribution in [2.75, 3.05) is 5.32 Å². The second-order valence-electron chi connectivity index (χ2n) is 3.44. The van der Waals surface area contributed by atoms with Gasteiger partial charge in [0, 0.05) is 6.07 Å². The summed E-state index contributed by atoms with van der Waals surface area (Å²) in [4.78, 5) is 11.4. The Hall–Kier alpha value is -0.930. The number of amides is 1. The first-order valence-electron chi connectivity index (χ1n) is 4.52. The van der Waals surface area contributed by atoms with Crippen LogP contribution in [0.1, 0.15) is 13.3 Å². The van der Waals surface area contributed by atoms with E-state index in [1.807, 2.05) is 6.92 Å². The summed E-state index contributed by atoms with van der Waals surface area (Å²) >= 11 is 11.7. The molecule has 1 unspecified atom stereocenters. The molecule has 0 bridgehead atoms. The van der Waals surface area contributed by atoms with Gasteiger partial charge in [-0.3, -0.25) is 4.79 Å². The van der Waals surface area contributed by atoms with E-state index in [9.17, 15) is 4.79 Å². The second kappa shape index (κ2) is 3.91. The molecule has 0 saturated heterocycles. The molecule has 1 aromatic rings. The number of hydrogen-bond donors (Lipinski definition) is 1. The highest BCUT2D eigenvalue weighted by atomic mass is 35.5. The molecule has 1 heterocycles. The molecule has 1 aliphatic heterocycles. The number of carbonyl (C=O) groups excluding carboxylic acids is 1. The molecule has 3 nitrogen and oxygen atoms in total. The maximum Gasteiger partial charge on any atom is 0.228 e. The summed E-state index contributed by atoms with van der Waals surface area (Å²) in [5, 5.41) is 3.53. The average Bonchev–Trinajstić information content (AvgIpc) is 2.24.